The smallest absolute Gasteiger partial charge is 0.354 e. The zero-order valence-corrected chi connectivity index (χ0v) is 16.7. The quantitative estimate of drug-likeness (QED) is 0.589. The van der Waals surface area contributed by atoms with Gasteiger partial charge in [0.2, 0.25) is 0 Å². The van der Waals surface area contributed by atoms with Gasteiger partial charge in [0.15, 0.2) is 9.84 Å². The molecular weight excluding hydrogens is 404 g/mol. The maximum Gasteiger partial charge on any atom is 0.354 e. The lowest BCUT2D eigenvalue weighted by molar-refractivity contribution is 0.0520. The van der Waals surface area contributed by atoms with E-state index in [1.54, 1.807) is 25.1 Å². The number of aromatic amines is 1. The van der Waals surface area contributed by atoms with Crippen LogP contribution in [0.1, 0.15) is 17.4 Å². The van der Waals surface area contributed by atoms with Gasteiger partial charge in [0, 0.05) is 11.6 Å². The lowest BCUT2D eigenvalue weighted by atomic mass is 10.2. The molecule has 0 aliphatic rings. The van der Waals surface area contributed by atoms with Crippen molar-refractivity contribution >= 4 is 42.4 Å². The Morgan fingerprint density at radius 3 is 2.36 bits per heavy atom. The predicted molar refractivity (Wildman–Crippen MR) is 105 cm³/mol. The van der Waals surface area contributed by atoms with Gasteiger partial charge < -0.3 is 9.72 Å². The molecule has 0 aliphatic carbocycles. The number of H-pyrrole nitrogens is 1. The van der Waals surface area contributed by atoms with Crippen molar-refractivity contribution in [2.45, 2.75) is 16.7 Å². The topological polar surface area (TPSA) is 122 Å². The number of benzene rings is 2. The first-order valence-electron chi connectivity index (χ1n) is 8.24. The maximum absolute atomic E-state index is 12.9. The zero-order chi connectivity index (χ0) is 20.5. The van der Waals surface area contributed by atoms with Gasteiger partial charge in [0.05, 0.1) is 22.7 Å². The van der Waals surface area contributed by atoms with Crippen LogP contribution in [-0.2, 0) is 24.6 Å². The number of hydrogen-bond donors (Lipinski definition) is 2. The van der Waals surface area contributed by atoms with Gasteiger partial charge in [-0.15, -0.1) is 0 Å². The van der Waals surface area contributed by atoms with Crippen LogP contribution in [0.25, 0.3) is 10.9 Å². The number of fused-ring (bicyclic) bond motifs is 1. The summed E-state index contributed by atoms with van der Waals surface area (Å²) in [5.74, 6) is -0.560. The number of esters is 1. The van der Waals surface area contributed by atoms with E-state index < -0.39 is 25.8 Å². The van der Waals surface area contributed by atoms with Crippen molar-refractivity contribution in [3.63, 3.8) is 0 Å². The Bertz CT molecular complexity index is 1260. The van der Waals surface area contributed by atoms with Crippen LogP contribution in [0.2, 0.25) is 0 Å². The Labute approximate surface area is 162 Å². The SMILES string of the molecule is CCOC(=O)c1cc2cccc(NS(=O)(=O)c3ccccc3S(C)(=O)=O)c2[nH]1. The van der Waals surface area contributed by atoms with E-state index in [9.17, 15) is 21.6 Å². The number of aromatic nitrogens is 1. The van der Waals surface area contributed by atoms with Crippen LogP contribution in [0.15, 0.2) is 58.3 Å². The van der Waals surface area contributed by atoms with Gasteiger partial charge in [0.1, 0.15) is 10.6 Å². The second-order valence-corrected chi connectivity index (χ2v) is 9.63. The molecule has 0 bridgehead atoms. The average molecular weight is 422 g/mol. The number of anilines is 1. The first-order chi connectivity index (χ1) is 13.1. The molecule has 1 aromatic heterocycles. The molecule has 3 rings (SSSR count). The van der Waals surface area contributed by atoms with Gasteiger partial charge in [-0.05, 0) is 31.2 Å². The third kappa shape index (κ3) is 3.87. The number of para-hydroxylation sites is 1. The van der Waals surface area contributed by atoms with Crippen molar-refractivity contribution < 1.29 is 26.4 Å². The first kappa shape index (κ1) is 19.9. The highest BCUT2D eigenvalue weighted by atomic mass is 32.2. The molecule has 0 saturated heterocycles. The minimum Gasteiger partial charge on any atom is -0.461 e. The van der Waals surface area contributed by atoms with E-state index >= 15 is 0 Å². The lowest BCUT2D eigenvalue weighted by Crippen LogP contribution is -2.16. The van der Waals surface area contributed by atoms with Crippen molar-refractivity contribution in [2.24, 2.45) is 0 Å². The second-order valence-electron chi connectivity index (χ2n) is 6.00. The predicted octanol–water partition coefficient (Wildman–Crippen LogP) is 2.55. The number of carbonyl (C=O) groups is 1. The molecule has 0 spiro atoms. The minimum absolute atomic E-state index is 0.177. The Balaban J connectivity index is 2.07. The number of carbonyl (C=O) groups excluding carboxylic acids is 1. The summed E-state index contributed by atoms with van der Waals surface area (Å²) in [4.78, 5) is 14.1. The summed E-state index contributed by atoms with van der Waals surface area (Å²) < 4.78 is 57.0. The average Bonchev–Trinajstić information content (AvgIpc) is 3.06. The van der Waals surface area contributed by atoms with Crippen LogP contribution < -0.4 is 4.72 Å². The van der Waals surface area contributed by atoms with Gasteiger partial charge in [-0.3, -0.25) is 4.72 Å². The molecule has 28 heavy (non-hydrogen) atoms. The summed E-state index contributed by atoms with van der Waals surface area (Å²) in [6, 6.07) is 11.7. The molecular formula is C18H18N2O6S2. The lowest BCUT2D eigenvalue weighted by Gasteiger charge is -2.12. The van der Waals surface area contributed by atoms with Crippen LogP contribution in [0.4, 0.5) is 5.69 Å². The monoisotopic (exact) mass is 422 g/mol. The summed E-state index contributed by atoms with van der Waals surface area (Å²) in [5.41, 5.74) is 0.738. The highest BCUT2D eigenvalue weighted by Crippen LogP contribution is 2.28. The molecule has 0 aliphatic heterocycles. The van der Waals surface area contributed by atoms with E-state index in [1.807, 2.05) is 0 Å². The second kappa shape index (κ2) is 7.28. The van der Waals surface area contributed by atoms with Crippen LogP contribution in [0, 0.1) is 0 Å². The molecule has 0 radical (unpaired) electrons. The third-order valence-electron chi connectivity index (χ3n) is 3.93. The van der Waals surface area contributed by atoms with Crippen LogP contribution >= 0.6 is 0 Å². The fourth-order valence-electron chi connectivity index (χ4n) is 2.74. The van der Waals surface area contributed by atoms with E-state index in [0.717, 1.165) is 6.26 Å². The molecule has 148 valence electrons. The summed E-state index contributed by atoms with van der Waals surface area (Å²) in [6.07, 6.45) is 0.943. The normalized spacial score (nSPS) is 12.1. The van der Waals surface area contributed by atoms with E-state index in [1.165, 1.54) is 30.3 Å². The molecule has 2 N–H and O–H groups in total. The Hall–Kier alpha value is -2.85. The van der Waals surface area contributed by atoms with Crippen molar-refractivity contribution in [1.82, 2.24) is 4.98 Å². The summed E-state index contributed by atoms with van der Waals surface area (Å²) in [7, 11) is -7.96. The van der Waals surface area contributed by atoms with Crippen LogP contribution in [0.5, 0.6) is 0 Å². The van der Waals surface area contributed by atoms with Gasteiger partial charge in [-0.2, -0.15) is 0 Å². The Morgan fingerprint density at radius 2 is 1.71 bits per heavy atom. The summed E-state index contributed by atoms with van der Waals surface area (Å²) in [6.45, 7) is 1.88. The number of sulfonamides is 1. The van der Waals surface area contributed by atoms with E-state index in [-0.39, 0.29) is 27.8 Å². The molecule has 0 unspecified atom stereocenters. The fourth-order valence-corrected chi connectivity index (χ4v) is 5.44. The minimum atomic E-state index is -4.21. The molecule has 2 aromatic carbocycles. The maximum atomic E-state index is 12.9. The van der Waals surface area contributed by atoms with Gasteiger partial charge in [-0.25, -0.2) is 21.6 Å². The van der Waals surface area contributed by atoms with E-state index in [0.29, 0.717) is 10.9 Å². The molecule has 0 amide bonds. The van der Waals surface area contributed by atoms with Crippen LogP contribution in [0.3, 0.4) is 0 Å². The Morgan fingerprint density at radius 1 is 1.04 bits per heavy atom. The number of rotatable bonds is 6. The largest absolute Gasteiger partial charge is 0.461 e. The third-order valence-corrected chi connectivity index (χ3v) is 6.64. The molecule has 0 fully saturated rings. The molecule has 10 heteroatoms. The number of sulfone groups is 1. The number of ether oxygens (including phenoxy) is 1. The highest BCUT2D eigenvalue weighted by molar-refractivity contribution is 7.95. The van der Waals surface area contributed by atoms with Crippen molar-refractivity contribution in [3.8, 4) is 0 Å². The van der Waals surface area contributed by atoms with E-state index in [4.69, 9.17) is 4.74 Å². The zero-order valence-electron chi connectivity index (χ0n) is 15.1. The molecule has 0 atom stereocenters. The molecule has 3 aromatic rings. The Kier molecular flexibility index (Phi) is 5.18. The van der Waals surface area contributed by atoms with Gasteiger partial charge >= 0.3 is 5.97 Å². The molecule has 0 saturated carbocycles. The van der Waals surface area contributed by atoms with Crippen molar-refractivity contribution in [3.05, 3.63) is 54.2 Å². The van der Waals surface area contributed by atoms with Crippen molar-refractivity contribution in [2.75, 3.05) is 17.6 Å². The first-order valence-corrected chi connectivity index (χ1v) is 11.6. The number of hydrogen-bond acceptors (Lipinski definition) is 6. The number of nitrogens with one attached hydrogen (secondary N) is 2. The van der Waals surface area contributed by atoms with Crippen molar-refractivity contribution in [1.29, 1.82) is 0 Å². The highest BCUT2D eigenvalue weighted by Gasteiger charge is 2.24. The summed E-state index contributed by atoms with van der Waals surface area (Å²) in [5, 5.41) is 0.597. The standard InChI is InChI=1S/C18H18N2O6S2/c1-3-26-18(21)14-11-12-7-6-8-13(17(12)19-14)20-28(24,25)16-10-5-4-9-15(16)27(2,22)23/h4-11,19-20H,3H2,1-2H3. The summed E-state index contributed by atoms with van der Waals surface area (Å²) >= 11 is 0. The molecule has 8 nitrogen and oxygen atoms in total. The van der Waals surface area contributed by atoms with Gasteiger partial charge in [-0.1, -0.05) is 24.3 Å². The van der Waals surface area contributed by atoms with E-state index in [2.05, 4.69) is 9.71 Å². The fraction of sp³-hybridized carbons (Fsp3) is 0.167. The van der Waals surface area contributed by atoms with Gasteiger partial charge in [0.25, 0.3) is 10.0 Å². The van der Waals surface area contributed by atoms with Crippen LogP contribution in [-0.4, -0.2) is 40.7 Å². The molecule has 1 heterocycles.